The van der Waals surface area contributed by atoms with E-state index in [9.17, 15) is 9.90 Å². The minimum Gasteiger partial charge on any atom is -0.394 e. The van der Waals surface area contributed by atoms with Gasteiger partial charge in [0, 0.05) is 13.1 Å². The maximum atomic E-state index is 12.5. The summed E-state index contributed by atoms with van der Waals surface area (Å²) in [5, 5.41) is 16.7. The maximum Gasteiger partial charge on any atom is 0.272 e. The molecule has 22 heavy (non-hydrogen) atoms. The second-order valence-corrected chi connectivity index (χ2v) is 6.15. The lowest BCUT2D eigenvalue weighted by Gasteiger charge is -2.22. The number of amides is 1. The van der Waals surface area contributed by atoms with E-state index in [2.05, 4.69) is 21.7 Å². The number of nitrogens with one attached hydrogen (secondary N) is 1. The van der Waals surface area contributed by atoms with Crippen molar-refractivity contribution in [2.75, 3.05) is 18.5 Å². The number of thiophene rings is 1. The number of anilines is 1. The summed E-state index contributed by atoms with van der Waals surface area (Å²) >= 11 is 1.66. The Bertz CT molecular complexity index is 630. The van der Waals surface area contributed by atoms with Gasteiger partial charge in [-0.3, -0.25) is 4.79 Å². The van der Waals surface area contributed by atoms with Gasteiger partial charge in [-0.1, -0.05) is 6.07 Å². The standard InChI is InChI=1S/C16H19N3O2S/c20-10-13-3-2-7-19(13)16(21)14-4-1-5-15(18-14)17-9-12-6-8-22-11-12/h1,4-6,8,11,13,20H,2-3,7,9-10H2,(H,17,18)/t13-/m1/s1. The minimum atomic E-state index is -0.101. The fourth-order valence-corrected chi connectivity index (χ4v) is 3.35. The van der Waals surface area contributed by atoms with Crippen LogP contribution in [0.2, 0.25) is 0 Å². The van der Waals surface area contributed by atoms with Crippen LogP contribution in [0.5, 0.6) is 0 Å². The van der Waals surface area contributed by atoms with Gasteiger partial charge in [0.1, 0.15) is 11.5 Å². The van der Waals surface area contributed by atoms with Gasteiger partial charge in [-0.25, -0.2) is 4.98 Å². The van der Waals surface area contributed by atoms with Crippen molar-refractivity contribution in [1.82, 2.24) is 9.88 Å². The number of pyridine rings is 1. The van der Waals surface area contributed by atoms with Crippen molar-refractivity contribution in [3.8, 4) is 0 Å². The Hall–Kier alpha value is -1.92. The third-order valence-electron chi connectivity index (χ3n) is 3.87. The lowest BCUT2D eigenvalue weighted by atomic mass is 10.2. The molecule has 3 heterocycles. The largest absolute Gasteiger partial charge is 0.394 e. The van der Waals surface area contributed by atoms with Crippen molar-refractivity contribution in [3.63, 3.8) is 0 Å². The highest BCUT2D eigenvalue weighted by Crippen LogP contribution is 2.19. The molecule has 0 saturated carbocycles. The van der Waals surface area contributed by atoms with E-state index in [1.165, 1.54) is 5.56 Å². The molecule has 3 rings (SSSR count). The third-order valence-corrected chi connectivity index (χ3v) is 4.60. The van der Waals surface area contributed by atoms with Crippen LogP contribution in [0.15, 0.2) is 35.0 Å². The van der Waals surface area contributed by atoms with E-state index in [0.29, 0.717) is 24.6 Å². The van der Waals surface area contributed by atoms with Gasteiger partial charge in [0.25, 0.3) is 5.91 Å². The topological polar surface area (TPSA) is 65.5 Å². The molecule has 0 aromatic carbocycles. The summed E-state index contributed by atoms with van der Waals surface area (Å²) in [7, 11) is 0. The summed E-state index contributed by atoms with van der Waals surface area (Å²) in [5.74, 6) is 0.590. The highest BCUT2D eigenvalue weighted by molar-refractivity contribution is 7.07. The lowest BCUT2D eigenvalue weighted by molar-refractivity contribution is 0.0672. The predicted molar refractivity (Wildman–Crippen MR) is 87.0 cm³/mol. The molecule has 1 atom stereocenters. The van der Waals surface area contributed by atoms with E-state index in [1.54, 1.807) is 22.3 Å². The van der Waals surface area contributed by atoms with E-state index < -0.39 is 0 Å². The van der Waals surface area contributed by atoms with Gasteiger partial charge in [0.05, 0.1) is 12.6 Å². The first-order chi connectivity index (χ1) is 10.8. The van der Waals surface area contributed by atoms with Gasteiger partial charge < -0.3 is 15.3 Å². The number of aromatic nitrogens is 1. The number of rotatable bonds is 5. The smallest absolute Gasteiger partial charge is 0.272 e. The summed E-state index contributed by atoms with van der Waals surface area (Å²) in [6.07, 6.45) is 1.80. The van der Waals surface area contributed by atoms with Crippen molar-refractivity contribution in [2.24, 2.45) is 0 Å². The van der Waals surface area contributed by atoms with Crippen LogP contribution >= 0.6 is 11.3 Å². The average Bonchev–Trinajstić information content (AvgIpc) is 3.23. The highest BCUT2D eigenvalue weighted by atomic mass is 32.1. The van der Waals surface area contributed by atoms with E-state index in [-0.39, 0.29) is 18.6 Å². The normalized spacial score (nSPS) is 17.7. The molecule has 1 saturated heterocycles. The number of carbonyl (C=O) groups is 1. The molecule has 0 aliphatic carbocycles. The fourth-order valence-electron chi connectivity index (χ4n) is 2.68. The SMILES string of the molecule is O=C(c1cccc(NCc2ccsc2)n1)N1CCC[C@@H]1CO. The number of likely N-dealkylation sites (tertiary alicyclic amines) is 1. The molecule has 1 fully saturated rings. The van der Waals surface area contributed by atoms with Gasteiger partial charge in [-0.2, -0.15) is 11.3 Å². The zero-order valence-electron chi connectivity index (χ0n) is 12.2. The predicted octanol–water partition coefficient (Wildman–Crippen LogP) is 2.35. The van der Waals surface area contributed by atoms with E-state index in [0.717, 1.165) is 12.8 Å². The zero-order valence-corrected chi connectivity index (χ0v) is 13.1. The summed E-state index contributed by atoms with van der Waals surface area (Å²) in [6.45, 7) is 1.40. The van der Waals surface area contributed by atoms with Crippen molar-refractivity contribution in [1.29, 1.82) is 0 Å². The zero-order chi connectivity index (χ0) is 15.4. The second-order valence-electron chi connectivity index (χ2n) is 5.37. The molecule has 6 heteroatoms. The number of hydrogen-bond donors (Lipinski definition) is 2. The molecule has 1 aliphatic rings. The van der Waals surface area contributed by atoms with Crippen LogP contribution in [-0.4, -0.2) is 40.1 Å². The monoisotopic (exact) mass is 317 g/mol. The number of aliphatic hydroxyl groups excluding tert-OH is 1. The van der Waals surface area contributed by atoms with Crippen LogP contribution in [0.3, 0.4) is 0 Å². The summed E-state index contributed by atoms with van der Waals surface area (Å²) < 4.78 is 0. The Balaban J connectivity index is 1.69. The van der Waals surface area contributed by atoms with Crippen LogP contribution in [0.1, 0.15) is 28.9 Å². The quantitative estimate of drug-likeness (QED) is 0.888. The van der Waals surface area contributed by atoms with Crippen molar-refractivity contribution in [2.45, 2.75) is 25.4 Å². The Kier molecular flexibility index (Phi) is 4.70. The van der Waals surface area contributed by atoms with Crippen LogP contribution in [-0.2, 0) is 6.54 Å². The number of nitrogens with zero attached hydrogens (tertiary/aromatic N) is 2. The fraction of sp³-hybridized carbons (Fsp3) is 0.375. The van der Waals surface area contributed by atoms with Crippen LogP contribution in [0, 0.1) is 0 Å². The molecule has 2 N–H and O–H groups in total. The van der Waals surface area contributed by atoms with Gasteiger partial charge in [0.2, 0.25) is 0 Å². The molecule has 0 spiro atoms. The van der Waals surface area contributed by atoms with Crippen LogP contribution in [0.4, 0.5) is 5.82 Å². The molecule has 0 bridgehead atoms. The van der Waals surface area contributed by atoms with Gasteiger partial charge in [-0.15, -0.1) is 0 Å². The molecule has 2 aromatic heterocycles. The summed E-state index contributed by atoms with van der Waals surface area (Å²) in [4.78, 5) is 18.7. The van der Waals surface area contributed by atoms with Crippen molar-refractivity contribution < 1.29 is 9.90 Å². The Morgan fingerprint density at radius 3 is 3.14 bits per heavy atom. The first kappa shape index (κ1) is 15.0. The van der Waals surface area contributed by atoms with Crippen LogP contribution in [0.25, 0.3) is 0 Å². The highest BCUT2D eigenvalue weighted by Gasteiger charge is 2.29. The number of carbonyl (C=O) groups excluding carboxylic acids is 1. The van der Waals surface area contributed by atoms with Gasteiger partial charge in [0.15, 0.2) is 0 Å². The van der Waals surface area contributed by atoms with Crippen molar-refractivity contribution in [3.05, 3.63) is 46.3 Å². The minimum absolute atomic E-state index is 0.0157. The van der Waals surface area contributed by atoms with Crippen LogP contribution < -0.4 is 5.32 Å². The van der Waals surface area contributed by atoms with Gasteiger partial charge >= 0.3 is 0 Å². The molecule has 0 radical (unpaired) electrons. The number of aliphatic hydroxyl groups is 1. The Labute approximate surface area is 133 Å². The molecule has 5 nitrogen and oxygen atoms in total. The van der Waals surface area contributed by atoms with E-state index in [1.807, 2.05) is 17.5 Å². The van der Waals surface area contributed by atoms with Crippen molar-refractivity contribution >= 4 is 23.1 Å². The lowest BCUT2D eigenvalue weighted by Crippen LogP contribution is -2.38. The Morgan fingerprint density at radius 1 is 1.45 bits per heavy atom. The molecule has 1 aliphatic heterocycles. The maximum absolute atomic E-state index is 12.5. The number of hydrogen-bond acceptors (Lipinski definition) is 5. The Morgan fingerprint density at radius 2 is 2.36 bits per heavy atom. The molecule has 0 unspecified atom stereocenters. The first-order valence-corrected chi connectivity index (χ1v) is 8.36. The average molecular weight is 317 g/mol. The molecular formula is C16H19N3O2S. The summed E-state index contributed by atoms with van der Waals surface area (Å²) in [5.41, 5.74) is 1.62. The van der Waals surface area contributed by atoms with E-state index >= 15 is 0 Å². The molecule has 1 amide bonds. The van der Waals surface area contributed by atoms with Gasteiger partial charge in [-0.05, 0) is 47.4 Å². The third kappa shape index (κ3) is 3.28. The summed E-state index contributed by atoms with van der Waals surface area (Å²) in [6, 6.07) is 7.40. The molecular weight excluding hydrogens is 298 g/mol. The van der Waals surface area contributed by atoms with E-state index in [4.69, 9.17) is 0 Å². The molecule has 116 valence electrons. The molecule has 2 aromatic rings. The second kappa shape index (κ2) is 6.89. The first-order valence-electron chi connectivity index (χ1n) is 7.42.